The fraction of sp³-hybridized carbons (Fsp3) is 0.500. The van der Waals surface area contributed by atoms with Crippen LogP contribution in [0.5, 0.6) is 0 Å². The Bertz CT molecular complexity index is 429. The third-order valence-electron chi connectivity index (χ3n) is 1.94. The van der Waals surface area contributed by atoms with Crippen molar-refractivity contribution in [3.8, 4) is 0 Å². The van der Waals surface area contributed by atoms with Crippen LogP contribution >= 0.6 is 0 Å². The van der Waals surface area contributed by atoms with E-state index in [0.29, 0.717) is 6.47 Å². The molecule has 0 spiro atoms. The topological polar surface area (TPSA) is 108 Å². The molecule has 1 heterocycles. The first kappa shape index (κ1) is 26.7. The molecule has 24 heavy (non-hydrogen) atoms. The Morgan fingerprint density at radius 1 is 1.42 bits per heavy atom. The summed E-state index contributed by atoms with van der Waals surface area (Å²) in [6, 6.07) is 3.26. The molecular formula is C18H33N3O3. The number of carbonyl (C=O) groups excluding carboxylic acids is 2. The number of rotatable bonds is 4. The molecule has 1 rings (SSSR count). The molecule has 0 radical (unpaired) electrons. The van der Waals surface area contributed by atoms with E-state index in [-0.39, 0.29) is 18.1 Å². The summed E-state index contributed by atoms with van der Waals surface area (Å²) in [7, 11) is 0. The minimum atomic E-state index is -0.397. The maximum Gasteiger partial charge on any atom is 0.293 e. The molecule has 1 unspecified atom stereocenters. The van der Waals surface area contributed by atoms with Gasteiger partial charge in [0.2, 0.25) is 5.91 Å². The molecule has 0 aromatic carbocycles. The highest BCUT2D eigenvalue weighted by molar-refractivity contribution is 5.74. The third-order valence-corrected chi connectivity index (χ3v) is 1.94. The van der Waals surface area contributed by atoms with Gasteiger partial charge in [-0.2, -0.15) is 0 Å². The molecular weight excluding hydrogens is 306 g/mol. The summed E-state index contributed by atoms with van der Waals surface area (Å²) >= 11 is 0. The monoisotopic (exact) mass is 339 g/mol. The van der Waals surface area contributed by atoms with Gasteiger partial charge in [0.1, 0.15) is 5.60 Å². The molecule has 0 fully saturated rings. The largest absolute Gasteiger partial charge is 0.462 e. The normalized spacial score (nSPS) is 10.1. The van der Waals surface area contributed by atoms with Crippen molar-refractivity contribution in [2.45, 2.75) is 59.6 Å². The predicted molar refractivity (Wildman–Crippen MR) is 99.1 cm³/mol. The van der Waals surface area contributed by atoms with Crippen molar-refractivity contribution >= 4 is 12.4 Å². The number of amides is 1. The zero-order chi connectivity index (χ0) is 19.6. The van der Waals surface area contributed by atoms with E-state index >= 15 is 0 Å². The van der Waals surface area contributed by atoms with E-state index < -0.39 is 5.91 Å². The van der Waals surface area contributed by atoms with Crippen LogP contribution in [-0.4, -0.2) is 23.0 Å². The highest BCUT2D eigenvalue weighted by Gasteiger charge is 2.08. The number of nitrogens with two attached hydrogens (primary N) is 2. The van der Waals surface area contributed by atoms with Crippen LogP contribution in [0.3, 0.4) is 0 Å². The number of hydrogen-bond acceptors (Lipinski definition) is 5. The van der Waals surface area contributed by atoms with Gasteiger partial charge in [-0.25, -0.2) is 0 Å². The van der Waals surface area contributed by atoms with E-state index in [1.54, 1.807) is 24.5 Å². The van der Waals surface area contributed by atoms with Gasteiger partial charge in [0.25, 0.3) is 6.47 Å². The first-order valence-electron chi connectivity index (χ1n) is 7.80. The second kappa shape index (κ2) is 17.1. The van der Waals surface area contributed by atoms with Crippen molar-refractivity contribution < 1.29 is 14.3 Å². The zero-order valence-corrected chi connectivity index (χ0v) is 15.8. The van der Waals surface area contributed by atoms with Crippen LogP contribution < -0.4 is 11.5 Å². The number of aromatic nitrogens is 1. The molecule has 0 aliphatic heterocycles. The molecule has 0 aliphatic rings. The molecule has 0 aliphatic carbocycles. The number of hydrogen-bond donors (Lipinski definition) is 2. The highest BCUT2D eigenvalue weighted by Crippen LogP contribution is 2.10. The third kappa shape index (κ3) is 22.1. The molecule has 0 saturated heterocycles. The molecule has 6 heteroatoms. The van der Waals surface area contributed by atoms with Gasteiger partial charge in [-0.1, -0.05) is 26.0 Å². The zero-order valence-electron chi connectivity index (χ0n) is 15.8. The lowest BCUT2D eigenvalue weighted by Crippen LogP contribution is -2.20. The van der Waals surface area contributed by atoms with E-state index in [1.807, 2.05) is 47.6 Å². The van der Waals surface area contributed by atoms with E-state index in [4.69, 9.17) is 11.5 Å². The van der Waals surface area contributed by atoms with Gasteiger partial charge in [-0.3, -0.25) is 14.6 Å². The van der Waals surface area contributed by atoms with Crippen LogP contribution in [0.15, 0.2) is 37.2 Å². The maximum absolute atomic E-state index is 10.5. The van der Waals surface area contributed by atoms with Crippen molar-refractivity contribution in [1.82, 2.24) is 4.98 Å². The quantitative estimate of drug-likeness (QED) is 0.647. The van der Waals surface area contributed by atoms with Gasteiger partial charge in [0.15, 0.2) is 0 Å². The molecule has 1 atom stereocenters. The Hall–Kier alpha value is -2.21. The van der Waals surface area contributed by atoms with Gasteiger partial charge >= 0.3 is 0 Å². The maximum atomic E-state index is 10.5. The number of primary amides is 1. The highest BCUT2D eigenvalue weighted by atomic mass is 16.5. The minimum Gasteiger partial charge on any atom is -0.462 e. The molecule has 4 N–H and O–H groups in total. The fourth-order valence-corrected chi connectivity index (χ4v) is 1.07. The summed E-state index contributed by atoms with van der Waals surface area (Å²) in [4.78, 5) is 24.0. The number of nitrogens with zero attached hydrogens (tertiary/aromatic N) is 1. The number of carbonyl (C=O) groups is 2. The molecule has 1 aromatic heterocycles. The second-order valence-corrected chi connectivity index (χ2v) is 5.30. The number of pyridine rings is 1. The van der Waals surface area contributed by atoms with Crippen molar-refractivity contribution in [3.05, 3.63) is 42.7 Å². The van der Waals surface area contributed by atoms with Crippen molar-refractivity contribution in [3.63, 3.8) is 0 Å². The molecule has 0 saturated carbocycles. The van der Waals surface area contributed by atoms with Gasteiger partial charge in [-0.15, -0.1) is 6.58 Å². The van der Waals surface area contributed by atoms with E-state index in [2.05, 4.69) is 16.3 Å². The SMILES string of the molecule is C=CC.CC.CC(C)(C)OC=O.NC(=O)CC(N)c1cccnc1. The van der Waals surface area contributed by atoms with Crippen LogP contribution in [0.25, 0.3) is 0 Å². The average Bonchev–Trinajstić information content (AvgIpc) is 2.50. The van der Waals surface area contributed by atoms with Crippen LogP contribution in [0.2, 0.25) is 0 Å². The van der Waals surface area contributed by atoms with Crippen LogP contribution in [0.1, 0.15) is 59.6 Å². The Kier molecular flexibility index (Phi) is 19.1. The van der Waals surface area contributed by atoms with Crippen LogP contribution in [-0.2, 0) is 14.3 Å². The smallest absolute Gasteiger partial charge is 0.293 e. The second-order valence-electron chi connectivity index (χ2n) is 5.30. The molecule has 1 amide bonds. The van der Waals surface area contributed by atoms with Gasteiger partial charge in [-0.05, 0) is 39.3 Å². The van der Waals surface area contributed by atoms with Crippen LogP contribution in [0, 0.1) is 0 Å². The molecule has 1 aromatic rings. The van der Waals surface area contributed by atoms with E-state index in [0.717, 1.165) is 5.56 Å². The summed E-state index contributed by atoms with van der Waals surface area (Å²) in [5, 5.41) is 0. The summed E-state index contributed by atoms with van der Waals surface area (Å²) in [6.07, 6.45) is 5.19. The lowest BCUT2D eigenvalue weighted by Gasteiger charge is -2.14. The van der Waals surface area contributed by atoms with Crippen molar-refractivity contribution in [2.75, 3.05) is 0 Å². The van der Waals surface area contributed by atoms with E-state index in [9.17, 15) is 9.59 Å². The fourth-order valence-electron chi connectivity index (χ4n) is 1.07. The Balaban J connectivity index is -0.000000314. The molecule has 0 bridgehead atoms. The van der Waals surface area contributed by atoms with Crippen molar-refractivity contribution in [2.24, 2.45) is 11.5 Å². The average molecular weight is 339 g/mol. The first-order valence-corrected chi connectivity index (χ1v) is 7.80. The standard InChI is InChI=1S/C8H11N3O.C5H10O2.C3H6.C2H6/c9-7(4-8(10)12)6-2-1-3-11-5-6;1-5(2,3)7-4-6;1-3-2;1-2/h1-3,5,7H,4,9H2,(H2,10,12);4H,1-3H3;3H,1H2,2H3;1-2H3. The van der Waals surface area contributed by atoms with Gasteiger partial charge < -0.3 is 16.2 Å². The molecule has 138 valence electrons. The first-order chi connectivity index (χ1) is 11.2. The summed E-state index contributed by atoms with van der Waals surface area (Å²) in [5.41, 5.74) is 11.2. The van der Waals surface area contributed by atoms with E-state index in [1.165, 1.54) is 0 Å². The van der Waals surface area contributed by atoms with Crippen LogP contribution in [0.4, 0.5) is 0 Å². The number of ether oxygens (including phenoxy) is 1. The Morgan fingerprint density at radius 2 is 1.92 bits per heavy atom. The van der Waals surface area contributed by atoms with Gasteiger partial charge in [0, 0.05) is 24.9 Å². The predicted octanol–water partition coefficient (Wildman–Crippen LogP) is 3.13. The van der Waals surface area contributed by atoms with Crippen molar-refractivity contribution in [1.29, 1.82) is 0 Å². The lowest BCUT2D eigenvalue weighted by molar-refractivity contribution is -0.138. The van der Waals surface area contributed by atoms with Gasteiger partial charge in [0.05, 0.1) is 0 Å². The Morgan fingerprint density at radius 3 is 2.17 bits per heavy atom. The summed E-state index contributed by atoms with van der Waals surface area (Å²) in [6.45, 7) is 15.2. The summed E-state index contributed by atoms with van der Waals surface area (Å²) < 4.78 is 4.55. The Labute approximate surface area is 146 Å². The summed E-state index contributed by atoms with van der Waals surface area (Å²) in [5.74, 6) is -0.397. The number of allylic oxidation sites excluding steroid dienone is 1. The molecule has 6 nitrogen and oxygen atoms in total. The lowest BCUT2D eigenvalue weighted by atomic mass is 10.1. The minimum absolute atomic E-state index is 0.158.